The first-order valence-electron chi connectivity index (χ1n) is 7.80. The molecule has 0 bridgehead atoms. The summed E-state index contributed by atoms with van der Waals surface area (Å²) < 4.78 is 32.6. The Hall–Kier alpha value is -0.850. The van der Waals surface area contributed by atoms with Crippen molar-refractivity contribution in [1.82, 2.24) is 10.0 Å². The van der Waals surface area contributed by atoms with E-state index in [1.807, 2.05) is 0 Å². The lowest BCUT2D eigenvalue weighted by Gasteiger charge is -2.14. The van der Waals surface area contributed by atoms with Crippen molar-refractivity contribution in [1.29, 1.82) is 0 Å². The molecule has 1 aliphatic carbocycles. The van der Waals surface area contributed by atoms with Gasteiger partial charge >= 0.3 is 0 Å². The Morgan fingerprint density at radius 2 is 2.00 bits per heavy atom. The maximum absolute atomic E-state index is 12.2. The highest BCUT2D eigenvalue weighted by Gasteiger charge is 2.42. The summed E-state index contributed by atoms with van der Waals surface area (Å²) in [5.74, 6) is 0.651. The van der Waals surface area contributed by atoms with Crippen LogP contribution in [0.5, 0.6) is 0 Å². The van der Waals surface area contributed by atoms with Crippen LogP contribution in [-0.4, -0.2) is 21.5 Å². The summed E-state index contributed by atoms with van der Waals surface area (Å²) in [7, 11) is -3.53. The molecule has 1 aromatic rings. The Morgan fingerprint density at radius 1 is 1.24 bits per heavy atom. The van der Waals surface area contributed by atoms with Crippen LogP contribution in [0.4, 0.5) is 0 Å². The van der Waals surface area contributed by atoms with Gasteiger partial charge < -0.3 is 9.73 Å². The fourth-order valence-corrected chi connectivity index (χ4v) is 3.63. The number of nitrogens with one attached hydrogen (secondary N) is 2. The van der Waals surface area contributed by atoms with E-state index in [4.69, 9.17) is 4.42 Å². The summed E-state index contributed by atoms with van der Waals surface area (Å²) in [6.45, 7) is 6.19. The molecule has 1 aliphatic rings. The van der Waals surface area contributed by atoms with Crippen molar-refractivity contribution in [2.45, 2.75) is 57.6 Å². The van der Waals surface area contributed by atoms with E-state index in [9.17, 15) is 8.42 Å². The lowest BCUT2D eigenvalue weighted by molar-refractivity contribution is 0.394. The Morgan fingerprint density at radius 3 is 2.62 bits per heavy atom. The molecule has 0 saturated heterocycles. The highest BCUT2D eigenvalue weighted by atomic mass is 32.2. The smallest absolute Gasteiger partial charge is 0.273 e. The third-order valence-electron chi connectivity index (χ3n) is 4.00. The van der Waals surface area contributed by atoms with E-state index >= 15 is 0 Å². The van der Waals surface area contributed by atoms with Crippen molar-refractivity contribution < 1.29 is 12.8 Å². The summed E-state index contributed by atoms with van der Waals surface area (Å²) >= 11 is 0. The first kappa shape index (κ1) is 16.5. The number of hydrogen-bond donors (Lipinski definition) is 2. The minimum Gasteiger partial charge on any atom is -0.447 e. The molecule has 21 heavy (non-hydrogen) atoms. The number of rotatable bonds is 10. The molecule has 0 unspecified atom stereocenters. The van der Waals surface area contributed by atoms with Gasteiger partial charge in [0.05, 0.1) is 6.54 Å². The van der Waals surface area contributed by atoms with Gasteiger partial charge in [-0.2, -0.15) is 0 Å². The Labute approximate surface area is 127 Å². The first-order valence-corrected chi connectivity index (χ1v) is 9.29. The van der Waals surface area contributed by atoms with Crippen molar-refractivity contribution in [2.24, 2.45) is 5.41 Å². The molecule has 0 atom stereocenters. The topological polar surface area (TPSA) is 71.3 Å². The van der Waals surface area contributed by atoms with E-state index in [1.54, 1.807) is 6.07 Å². The average Bonchev–Trinajstić information content (AvgIpc) is 3.04. The third kappa shape index (κ3) is 4.56. The van der Waals surface area contributed by atoms with Crippen LogP contribution in [0.3, 0.4) is 0 Å². The van der Waals surface area contributed by atoms with Gasteiger partial charge in [-0.3, -0.25) is 0 Å². The predicted molar refractivity (Wildman–Crippen MR) is 82.5 cm³/mol. The monoisotopic (exact) mass is 314 g/mol. The molecule has 1 heterocycles. The standard InChI is InChI=1S/C15H26N2O3S/c1-3-7-15(8-9-15)12-17-21(18,19)14-6-5-13(20-14)11-16-10-4-2/h5-6,16-17H,3-4,7-12H2,1-2H3. The molecular weight excluding hydrogens is 288 g/mol. The number of sulfonamides is 1. The molecule has 5 nitrogen and oxygen atoms in total. The second-order valence-corrected chi connectivity index (χ2v) is 7.67. The van der Waals surface area contributed by atoms with Crippen molar-refractivity contribution in [3.63, 3.8) is 0 Å². The maximum atomic E-state index is 12.2. The lowest BCUT2D eigenvalue weighted by Crippen LogP contribution is -2.30. The van der Waals surface area contributed by atoms with Crippen LogP contribution >= 0.6 is 0 Å². The second kappa shape index (κ2) is 6.94. The molecule has 0 aromatic carbocycles. The highest BCUT2D eigenvalue weighted by molar-refractivity contribution is 7.89. The summed E-state index contributed by atoms with van der Waals surface area (Å²) in [5, 5.41) is 3.21. The van der Waals surface area contributed by atoms with Crippen LogP contribution in [0.25, 0.3) is 0 Å². The molecule has 0 spiro atoms. The molecule has 0 radical (unpaired) electrons. The highest BCUT2D eigenvalue weighted by Crippen LogP contribution is 2.49. The first-order chi connectivity index (χ1) is 10.0. The second-order valence-electron chi connectivity index (χ2n) is 5.97. The van der Waals surface area contributed by atoms with Gasteiger partial charge in [0.15, 0.2) is 0 Å². The minimum absolute atomic E-state index is 0.0168. The van der Waals surface area contributed by atoms with Gasteiger partial charge in [-0.15, -0.1) is 0 Å². The van der Waals surface area contributed by atoms with Gasteiger partial charge in [0.1, 0.15) is 5.76 Å². The zero-order valence-electron chi connectivity index (χ0n) is 12.9. The van der Waals surface area contributed by atoms with E-state index in [-0.39, 0.29) is 10.5 Å². The predicted octanol–water partition coefficient (Wildman–Crippen LogP) is 2.64. The third-order valence-corrected chi connectivity index (χ3v) is 5.28. The summed E-state index contributed by atoms with van der Waals surface area (Å²) in [5.41, 5.74) is 0.194. The van der Waals surface area contributed by atoms with Gasteiger partial charge in [-0.25, -0.2) is 13.1 Å². The van der Waals surface area contributed by atoms with E-state index < -0.39 is 10.0 Å². The molecule has 1 fully saturated rings. The van der Waals surface area contributed by atoms with E-state index in [0.717, 1.165) is 38.6 Å². The van der Waals surface area contributed by atoms with Crippen molar-refractivity contribution in [3.8, 4) is 0 Å². The maximum Gasteiger partial charge on any atom is 0.273 e. The fraction of sp³-hybridized carbons (Fsp3) is 0.733. The van der Waals surface area contributed by atoms with E-state index in [1.165, 1.54) is 6.07 Å². The minimum atomic E-state index is -3.53. The zero-order chi connectivity index (χ0) is 15.3. The normalized spacial score (nSPS) is 17.0. The van der Waals surface area contributed by atoms with Crippen molar-refractivity contribution >= 4 is 10.0 Å². The van der Waals surface area contributed by atoms with Crippen LogP contribution in [0.15, 0.2) is 21.6 Å². The van der Waals surface area contributed by atoms with E-state index in [0.29, 0.717) is 18.8 Å². The Bertz CT molecular complexity index is 547. The Balaban J connectivity index is 1.90. The van der Waals surface area contributed by atoms with Crippen molar-refractivity contribution in [2.75, 3.05) is 13.1 Å². The van der Waals surface area contributed by atoms with Crippen LogP contribution in [0.2, 0.25) is 0 Å². The van der Waals surface area contributed by atoms with Gasteiger partial charge in [0.25, 0.3) is 10.0 Å². The SMILES string of the molecule is CCCNCc1ccc(S(=O)(=O)NCC2(CCC)CC2)o1. The largest absolute Gasteiger partial charge is 0.447 e. The van der Waals surface area contributed by atoms with Crippen LogP contribution in [0.1, 0.15) is 51.7 Å². The molecule has 2 rings (SSSR count). The van der Waals surface area contributed by atoms with Gasteiger partial charge in [0, 0.05) is 6.54 Å². The average molecular weight is 314 g/mol. The fourth-order valence-electron chi connectivity index (χ4n) is 2.53. The van der Waals surface area contributed by atoms with Gasteiger partial charge in [0.2, 0.25) is 5.09 Å². The van der Waals surface area contributed by atoms with Gasteiger partial charge in [-0.05, 0) is 49.8 Å². The number of hydrogen-bond acceptors (Lipinski definition) is 4. The summed E-state index contributed by atoms with van der Waals surface area (Å²) in [6, 6.07) is 3.25. The molecule has 1 aromatic heterocycles. The van der Waals surface area contributed by atoms with Crippen molar-refractivity contribution in [3.05, 3.63) is 17.9 Å². The molecule has 6 heteroatoms. The molecule has 120 valence electrons. The lowest BCUT2D eigenvalue weighted by atomic mass is 10.0. The molecular formula is C15H26N2O3S. The summed E-state index contributed by atoms with van der Waals surface area (Å²) in [4.78, 5) is 0. The van der Waals surface area contributed by atoms with Crippen LogP contribution in [0, 0.1) is 5.41 Å². The molecule has 1 saturated carbocycles. The van der Waals surface area contributed by atoms with E-state index in [2.05, 4.69) is 23.9 Å². The molecule has 0 amide bonds. The molecule has 0 aliphatic heterocycles. The van der Waals surface area contributed by atoms with Crippen LogP contribution < -0.4 is 10.0 Å². The van der Waals surface area contributed by atoms with Crippen LogP contribution in [-0.2, 0) is 16.6 Å². The summed E-state index contributed by atoms with van der Waals surface area (Å²) in [6.07, 6.45) is 5.45. The Kier molecular flexibility index (Phi) is 5.46. The molecule has 2 N–H and O–H groups in total. The quantitative estimate of drug-likeness (QED) is 0.651. The van der Waals surface area contributed by atoms with Gasteiger partial charge in [-0.1, -0.05) is 20.3 Å². The zero-order valence-corrected chi connectivity index (χ0v) is 13.8. The number of furan rings is 1.